The van der Waals surface area contributed by atoms with Gasteiger partial charge in [0.1, 0.15) is 0 Å². The summed E-state index contributed by atoms with van der Waals surface area (Å²) in [6, 6.07) is 11.4. The lowest BCUT2D eigenvalue weighted by atomic mass is 10.2. The third-order valence-corrected chi connectivity index (χ3v) is 4.94. The Morgan fingerprint density at radius 2 is 2.19 bits per heavy atom. The number of fused-ring (bicyclic) bond motifs is 1. The molecule has 0 aliphatic heterocycles. The number of aromatic nitrogens is 4. The van der Waals surface area contributed by atoms with Crippen LogP contribution in [0.5, 0.6) is 0 Å². The van der Waals surface area contributed by atoms with Crippen molar-refractivity contribution in [2.75, 3.05) is 11.1 Å². The van der Waals surface area contributed by atoms with Crippen molar-refractivity contribution >= 4 is 34.3 Å². The molecule has 0 atom stereocenters. The van der Waals surface area contributed by atoms with Crippen molar-refractivity contribution in [3.8, 4) is 11.6 Å². The molecule has 2 N–H and O–H groups in total. The number of nitrogens with one attached hydrogen (secondary N) is 2. The summed E-state index contributed by atoms with van der Waals surface area (Å²) < 4.78 is 7.33. The predicted octanol–water partition coefficient (Wildman–Crippen LogP) is 3.77. The molecule has 0 bridgehead atoms. The Bertz CT molecular complexity index is 1040. The molecule has 7 nitrogen and oxygen atoms in total. The Labute approximate surface area is 153 Å². The molecular weight excluding hydrogens is 350 g/mol. The van der Waals surface area contributed by atoms with Gasteiger partial charge in [0, 0.05) is 23.6 Å². The number of H-pyrrole nitrogens is 1. The van der Waals surface area contributed by atoms with Gasteiger partial charge >= 0.3 is 0 Å². The van der Waals surface area contributed by atoms with Gasteiger partial charge < -0.3 is 14.7 Å². The number of carbonyl (C=O) groups excluding carboxylic acids is 1. The second-order valence-electron chi connectivity index (χ2n) is 5.61. The van der Waals surface area contributed by atoms with Crippen molar-refractivity contribution < 1.29 is 9.21 Å². The number of furan rings is 1. The Morgan fingerprint density at radius 1 is 1.27 bits per heavy atom. The quantitative estimate of drug-likeness (QED) is 0.507. The number of carbonyl (C=O) groups is 1. The number of anilines is 1. The molecule has 0 saturated carbocycles. The number of nitrogens with zero attached hydrogens (tertiary/aromatic N) is 3. The first-order chi connectivity index (χ1) is 12.8. The maximum atomic E-state index is 12.4. The van der Waals surface area contributed by atoms with Crippen LogP contribution in [0, 0.1) is 0 Å². The molecular formula is C18H17N5O2S. The molecule has 1 amide bonds. The van der Waals surface area contributed by atoms with E-state index in [1.165, 1.54) is 11.8 Å². The molecule has 0 unspecified atom stereocenters. The zero-order valence-electron chi connectivity index (χ0n) is 14.1. The topological polar surface area (TPSA) is 88.7 Å². The first-order valence-corrected chi connectivity index (χ1v) is 9.20. The van der Waals surface area contributed by atoms with Crippen LogP contribution in [0.2, 0.25) is 0 Å². The lowest BCUT2D eigenvalue weighted by molar-refractivity contribution is -0.113. The maximum absolute atomic E-state index is 12.4. The molecule has 4 aromatic rings. The second-order valence-corrected chi connectivity index (χ2v) is 6.55. The monoisotopic (exact) mass is 367 g/mol. The average Bonchev–Trinajstić information content (AvgIpc) is 3.38. The largest absolute Gasteiger partial charge is 0.461 e. The van der Waals surface area contributed by atoms with Crippen molar-refractivity contribution in [2.24, 2.45) is 0 Å². The van der Waals surface area contributed by atoms with Crippen LogP contribution in [0.3, 0.4) is 0 Å². The van der Waals surface area contributed by atoms with Crippen LogP contribution in [-0.4, -0.2) is 31.4 Å². The summed E-state index contributed by atoms with van der Waals surface area (Å²) in [5.41, 5.74) is 1.78. The Kier molecular flexibility index (Phi) is 4.49. The first-order valence-electron chi connectivity index (χ1n) is 8.22. The van der Waals surface area contributed by atoms with E-state index in [1.807, 2.05) is 54.1 Å². The fourth-order valence-corrected chi connectivity index (χ4v) is 3.58. The fraction of sp³-hybridized carbons (Fsp3) is 0.167. The summed E-state index contributed by atoms with van der Waals surface area (Å²) in [5, 5.41) is 13.0. The van der Waals surface area contributed by atoms with E-state index < -0.39 is 0 Å². The summed E-state index contributed by atoms with van der Waals surface area (Å²) in [6.07, 6.45) is 3.46. The van der Waals surface area contributed by atoms with Crippen LogP contribution in [0.25, 0.3) is 22.5 Å². The van der Waals surface area contributed by atoms with E-state index in [9.17, 15) is 4.79 Å². The SMILES string of the molecule is CCn1c(SCC(=O)Nc2cccc3[nH]ccc23)nnc1-c1ccco1. The fourth-order valence-electron chi connectivity index (χ4n) is 2.78. The van der Waals surface area contributed by atoms with Gasteiger partial charge in [0.05, 0.1) is 17.7 Å². The molecule has 26 heavy (non-hydrogen) atoms. The number of amides is 1. The highest BCUT2D eigenvalue weighted by Gasteiger charge is 2.16. The summed E-state index contributed by atoms with van der Waals surface area (Å²) in [7, 11) is 0. The van der Waals surface area contributed by atoms with Crippen LogP contribution in [0.15, 0.2) is 58.4 Å². The van der Waals surface area contributed by atoms with Crippen LogP contribution in [0.4, 0.5) is 5.69 Å². The molecule has 4 rings (SSSR count). The molecule has 132 valence electrons. The molecule has 1 aromatic carbocycles. The molecule has 0 aliphatic rings. The Morgan fingerprint density at radius 3 is 3.00 bits per heavy atom. The molecule has 0 spiro atoms. The van der Waals surface area contributed by atoms with E-state index >= 15 is 0 Å². The summed E-state index contributed by atoms with van der Waals surface area (Å²) >= 11 is 1.35. The van der Waals surface area contributed by atoms with Gasteiger partial charge in [-0.3, -0.25) is 9.36 Å². The van der Waals surface area contributed by atoms with Crippen molar-refractivity contribution in [1.82, 2.24) is 19.7 Å². The van der Waals surface area contributed by atoms with Crippen molar-refractivity contribution in [1.29, 1.82) is 0 Å². The van der Waals surface area contributed by atoms with Gasteiger partial charge in [-0.25, -0.2) is 0 Å². The molecule has 8 heteroatoms. The lowest BCUT2D eigenvalue weighted by Crippen LogP contribution is -2.14. The number of hydrogen-bond acceptors (Lipinski definition) is 5. The average molecular weight is 367 g/mol. The molecule has 3 heterocycles. The Hall–Kier alpha value is -3.00. The number of thioether (sulfide) groups is 1. The van der Waals surface area contributed by atoms with Crippen LogP contribution in [-0.2, 0) is 11.3 Å². The minimum Gasteiger partial charge on any atom is -0.461 e. The van der Waals surface area contributed by atoms with E-state index in [-0.39, 0.29) is 11.7 Å². The van der Waals surface area contributed by atoms with Gasteiger partial charge in [0.15, 0.2) is 16.7 Å². The number of benzene rings is 1. The Balaban J connectivity index is 1.46. The van der Waals surface area contributed by atoms with E-state index in [2.05, 4.69) is 20.5 Å². The highest BCUT2D eigenvalue weighted by Crippen LogP contribution is 2.25. The van der Waals surface area contributed by atoms with Crippen LogP contribution >= 0.6 is 11.8 Å². The van der Waals surface area contributed by atoms with Crippen LogP contribution < -0.4 is 5.32 Å². The zero-order chi connectivity index (χ0) is 17.9. The third-order valence-electron chi connectivity index (χ3n) is 3.98. The summed E-state index contributed by atoms with van der Waals surface area (Å²) in [4.78, 5) is 15.5. The predicted molar refractivity (Wildman–Crippen MR) is 101 cm³/mol. The molecule has 0 fully saturated rings. The highest BCUT2D eigenvalue weighted by molar-refractivity contribution is 7.99. The highest BCUT2D eigenvalue weighted by atomic mass is 32.2. The van der Waals surface area contributed by atoms with Gasteiger partial charge in [0.25, 0.3) is 0 Å². The van der Waals surface area contributed by atoms with E-state index in [0.29, 0.717) is 23.3 Å². The molecule has 0 aliphatic carbocycles. The van der Waals surface area contributed by atoms with E-state index in [0.717, 1.165) is 16.6 Å². The standard InChI is InChI=1S/C18H17N5O2S/c1-2-23-17(15-7-4-10-25-15)21-22-18(23)26-11-16(24)20-14-6-3-5-13-12(14)8-9-19-13/h3-10,19H,2,11H2,1H3,(H,20,24). The maximum Gasteiger partial charge on any atom is 0.234 e. The van der Waals surface area contributed by atoms with Crippen LogP contribution in [0.1, 0.15) is 6.92 Å². The second kappa shape index (κ2) is 7.09. The normalized spacial score (nSPS) is 11.1. The molecule has 0 radical (unpaired) electrons. The van der Waals surface area contributed by atoms with Gasteiger partial charge in [-0.05, 0) is 37.3 Å². The van der Waals surface area contributed by atoms with Crippen molar-refractivity contribution in [3.63, 3.8) is 0 Å². The van der Waals surface area contributed by atoms with Crippen molar-refractivity contribution in [2.45, 2.75) is 18.6 Å². The number of aromatic amines is 1. The first kappa shape index (κ1) is 16.5. The number of hydrogen-bond donors (Lipinski definition) is 2. The summed E-state index contributed by atoms with van der Waals surface area (Å²) in [6.45, 7) is 2.70. The smallest absolute Gasteiger partial charge is 0.234 e. The van der Waals surface area contributed by atoms with Gasteiger partial charge in [0.2, 0.25) is 5.91 Å². The minimum atomic E-state index is -0.0890. The van der Waals surface area contributed by atoms with Gasteiger partial charge in [-0.15, -0.1) is 10.2 Å². The van der Waals surface area contributed by atoms with Gasteiger partial charge in [-0.2, -0.15) is 0 Å². The van der Waals surface area contributed by atoms with E-state index in [1.54, 1.807) is 6.26 Å². The molecule has 3 aromatic heterocycles. The van der Waals surface area contributed by atoms with E-state index in [4.69, 9.17) is 4.42 Å². The third kappa shape index (κ3) is 3.11. The summed E-state index contributed by atoms with van der Waals surface area (Å²) in [5.74, 6) is 1.48. The van der Waals surface area contributed by atoms with Crippen molar-refractivity contribution in [3.05, 3.63) is 48.9 Å². The lowest BCUT2D eigenvalue weighted by Gasteiger charge is -2.07. The zero-order valence-corrected chi connectivity index (χ0v) is 14.9. The minimum absolute atomic E-state index is 0.0890. The van der Waals surface area contributed by atoms with Gasteiger partial charge in [-0.1, -0.05) is 17.8 Å². The molecule has 0 saturated heterocycles. The number of rotatable bonds is 6.